The SMILES string of the molecule is CCCN(CC(=O)Nc1ccccc1C)CC(=O)Nc1c(C#N)c(C)c(C)n1Cc1ccccc1. The molecule has 2 aromatic carbocycles. The molecule has 0 aliphatic carbocycles. The normalized spacial score (nSPS) is 10.7. The molecule has 3 aromatic rings. The van der Waals surface area contributed by atoms with Crippen LogP contribution >= 0.6 is 0 Å². The molecule has 0 saturated carbocycles. The van der Waals surface area contributed by atoms with Gasteiger partial charge < -0.3 is 15.2 Å². The number of anilines is 2. The number of rotatable bonds is 10. The van der Waals surface area contributed by atoms with Crippen LogP contribution in [-0.2, 0) is 16.1 Å². The van der Waals surface area contributed by atoms with Gasteiger partial charge in [-0.3, -0.25) is 14.5 Å². The topological polar surface area (TPSA) is 90.2 Å². The number of benzene rings is 2. The second kappa shape index (κ2) is 12.0. The summed E-state index contributed by atoms with van der Waals surface area (Å²) < 4.78 is 1.97. The second-order valence-electron chi connectivity index (χ2n) is 8.74. The molecule has 0 aliphatic rings. The molecule has 0 spiro atoms. The lowest BCUT2D eigenvalue weighted by molar-refractivity contribution is -0.120. The lowest BCUT2D eigenvalue weighted by Crippen LogP contribution is -2.39. The molecule has 0 radical (unpaired) electrons. The van der Waals surface area contributed by atoms with E-state index in [2.05, 4.69) is 16.7 Å². The molecule has 2 amide bonds. The van der Waals surface area contributed by atoms with Gasteiger partial charge in [-0.15, -0.1) is 0 Å². The van der Waals surface area contributed by atoms with Crippen molar-refractivity contribution >= 4 is 23.3 Å². The summed E-state index contributed by atoms with van der Waals surface area (Å²) in [5, 5.41) is 15.7. The zero-order valence-electron chi connectivity index (χ0n) is 20.9. The molecule has 0 saturated heterocycles. The molecule has 3 rings (SSSR count). The number of nitrogens with zero attached hydrogens (tertiary/aromatic N) is 3. The van der Waals surface area contributed by atoms with E-state index in [1.54, 1.807) is 0 Å². The number of aromatic nitrogens is 1. The molecule has 0 atom stereocenters. The van der Waals surface area contributed by atoms with Crippen LogP contribution in [0.15, 0.2) is 54.6 Å². The summed E-state index contributed by atoms with van der Waals surface area (Å²) in [7, 11) is 0. The van der Waals surface area contributed by atoms with E-state index in [0.29, 0.717) is 24.5 Å². The van der Waals surface area contributed by atoms with Crippen LogP contribution in [0, 0.1) is 32.1 Å². The molecule has 0 fully saturated rings. The minimum absolute atomic E-state index is 0.0501. The van der Waals surface area contributed by atoms with Crippen molar-refractivity contribution in [2.75, 3.05) is 30.3 Å². The monoisotopic (exact) mass is 471 g/mol. The van der Waals surface area contributed by atoms with E-state index in [0.717, 1.165) is 34.5 Å². The molecule has 182 valence electrons. The van der Waals surface area contributed by atoms with Gasteiger partial charge in [0.2, 0.25) is 11.8 Å². The maximum atomic E-state index is 13.1. The van der Waals surface area contributed by atoms with Gasteiger partial charge in [-0.25, -0.2) is 0 Å². The highest BCUT2D eigenvalue weighted by molar-refractivity contribution is 5.95. The first-order valence-corrected chi connectivity index (χ1v) is 11.8. The van der Waals surface area contributed by atoms with Crippen LogP contribution in [0.3, 0.4) is 0 Å². The molecule has 1 heterocycles. The lowest BCUT2D eigenvalue weighted by Gasteiger charge is -2.21. The smallest absolute Gasteiger partial charge is 0.239 e. The zero-order valence-corrected chi connectivity index (χ0v) is 20.9. The fraction of sp³-hybridized carbons (Fsp3) is 0.321. The van der Waals surface area contributed by atoms with E-state index >= 15 is 0 Å². The lowest BCUT2D eigenvalue weighted by atomic mass is 10.2. The summed E-state index contributed by atoms with van der Waals surface area (Å²) >= 11 is 0. The summed E-state index contributed by atoms with van der Waals surface area (Å²) in [6.07, 6.45) is 0.803. The minimum Gasteiger partial charge on any atom is -0.326 e. The van der Waals surface area contributed by atoms with Crippen molar-refractivity contribution in [3.05, 3.63) is 82.5 Å². The average Bonchev–Trinajstić information content (AvgIpc) is 3.05. The van der Waals surface area contributed by atoms with Crippen molar-refractivity contribution in [2.24, 2.45) is 0 Å². The van der Waals surface area contributed by atoms with Gasteiger partial charge in [0.15, 0.2) is 0 Å². The summed E-state index contributed by atoms with van der Waals surface area (Å²) in [5.74, 6) is 0.0695. The first kappa shape index (κ1) is 25.7. The summed E-state index contributed by atoms with van der Waals surface area (Å²) in [6, 6.07) is 19.8. The van der Waals surface area contributed by atoms with Crippen LogP contribution in [0.2, 0.25) is 0 Å². The first-order chi connectivity index (χ1) is 16.8. The Bertz CT molecular complexity index is 1220. The molecular formula is C28H33N5O2. The van der Waals surface area contributed by atoms with E-state index in [-0.39, 0.29) is 24.9 Å². The molecule has 0 unspecified atom stereocenters. The van der Waals surface area contributed by atoms with Crippen molar-refractivity contribution in [2.45, 2.75) is 40.7 Å². The Labute approximate surface area is 207 Å². The number of amides is 2. The Morgan fingerprint density at radius 1 is 0.943 bits per heavy atom. The van der Waals surface area contributed by atoms with Crippen molar-refractivity contribution < 1.29 is 9.59 Å². The summed E-state index contributed by atoms with van der Waals surface area (Å²) in [6.45, 7) is 9.09. The molecule has 2 N–H and O–H groups in total. The summed E-state index contributed by atoms with van der Waals surface area (Å²) in [4.78, 5) is 27.6. The third-order valence-corrected chi connectivity index (χ3v) is 6.08. The largest absolute Gasteiger partial charge is 0.326 e. The fourth-order valence-corrected chi connectivity index (χ4v) is 4.10. The Morgan fingerprint density at radius 3 is 2.20 bits per heavy atom. The predicted molar refractivity (Wildman–Crippen MR) is 139 cm³/mol. The third-order valence-electron chi connectivity index (χ3n) is 6.08. The van der Waals surface area contributed by atoms with Gasteiger partial charge in [-0.2, -0.15) is 5.26 Å². The van der Waals surface area contributed by atoms with Crippen molar-refractivity contribution in [3.8, 4) is 6.07 Å². The van der Waals surface area contributed by atoms with Gasteiger partial charge in [0.25, 0.3) is 0 Å². The van der Waals surface area contributed by atoms with Crippen LogP contribution in [-0.4, -0.2) is 40.9 Å². The maximum Gasteiger partial charge on any atom is 0.239 e. The van der Waals surface area contributed by atoms with E-state index in [9.17, 15) is 14.9 Å². The van der Waals surface area contributed by atoms with Crippen LogP contribution in [0.4, 0.5) is 11.5 Å². The van der Waals surface area contributed by atoms with Crippen molar-refractivity contribution in [1.82, 2.24) is 9.47 Å². The summed E-state index contributed by atoms with van der Waals surface area (Å²) in [5.41, 5.74) is 5.07. The Morgan fingerprint density at radius 2 is 1.57 bits per heavy atom. The quantitative estimate of drug-likeness (QED) is 0.451. The number of nitrogens with one attached hydrogen (secondary N) is 2. The highest BCUT2D eigenvalue weighted by Crippen LogP contribution is 2.27. The van der Waals surface area contributed by atoms with E-state index in [1.807, 2.05) is 91.8 Å². The third kappa shape index (κ3) is 6.58. The molecule has 7 heteroatoms. The van der Waals surface area contributed by atoms with E-state index in [1.165, 1.54) is 0 Å². The molecule has 1 aromatic heterocycles. The predicted octanol–water partition coefficient (Wildman–Crippen LogP) is 4.62. The van der Waals surface area contributed by atoms with Gasteiger partial charge in [0, 0.05) is 17.9 Å². The van der Waals surface area contributed by atoms with Gasteiger partial charge in [0.05, 0.1) is 18.7 Å². The van der Waals surface area contributed by atoms with Crippen LogP contribution in [0.5, 0.6) is 0 Å². The minimum atomic E-state index is -0.259. The van der Waals surface area contributed by atoms with Crippen LogP contribution in [0.25, 0.3) is 0 Å². The number of para-hydroxylation sites is 1. The standard InChI is InChI=1S/C28H33N5O2/c1-5-15-32(18-26(34)30-25-14-10-9-11-20(25)2)19-27(35)31-28-24(16-29)21(3)22(4)33(28)17-23-12-7-6-8-13-23/h6-14H,5,15,17-19H2,1-4H3,(H,30,34)(H,31,35). The van der Waals surface area contributed by atoms with Gasteiger partial charge in [-0.05, 0) is 56.5 Å². The van der Waals surface area contributed by atoms with E-state index in [4.69, 9.17) is 0 Å². The number of aryl methyl sites for hydroxylation is 1. The van der Waals surface area contributed by atoms with Gasteiger partial charge in [-0.1, -0.05) is 55.5 Å². The average molecular weight is 472 g/mol. The molecule has 0 aliphatic heterocycles. The van der Waals surface area contributed by atoms with E-state index < -0.39 is 0 Å². The Kier molecular flexibility index (Phi) is 8.82. The zero-order chi connectivity index (χ0) is 25.4. The highest BCUT2D eigenvalue weighted by atomic mass is 16.2. The maximum absolute atomic E-state index is 13.1. The number of hydrogen-bond acceptors (Lipinski definition) is 4. The Hall–Kier alpha value is -3.89. The Balaban J connectivity index is 1.74. The van der Waals surface area contributed by atoms with Crippen LogP contribution < -0.4 is 10.6 Å². The van der Waals surface area contributed by atoms with Gasteiger partial charge in [0.1, 0.15) is 11.9 Å². The first-order valence-electron chi connectivity index (χ1n) is 11.8. The molecular weight excluding hydrogens is 438 g/mol. The number of hydrogen-bond donors (Lipinski definition) is 2. The molecule has 35 heavy (non-hydrogen) atoms. The van der Waals surface area contributed by atoms with Crippen molar-refractivity contribution in [1.29, 1.82) is 5.26 Å². The fourth-order valence-electron chi connectivity index (χ4n) is 4.10. The number of carbonyl (C=O) groups is 2. The second-order valence-corrected chi connectivity index (χ2v) is 8.74. The number of nitriles is 1. The number of carbonyl (C=O) groups excluding carboxylic acids is 2. The highest BCUT2D eigenvalue weighted by Gasteiger charge is 2.21. The molecule has 7 nitrogen and oxygen atoms in total. The van der Waals surface area contributed by atoms with Gasteiger partial charge >= 0.3 is 0 Å². The van der Waals surface area contributed by atoms with Crippen LogP contribution in [0.1, 0.15) is 41.3 Å². The van der Waals surface area contributed by atoms with Crippen molar-refractivity contribution in [3.63, 3.8) is 0 Å². The molecule has 0 bridgehead atoms.